The van der Waals surface area contributed by atoms with E-state index in [1.165, 1.54) is 0 Å². The molecule has 20 heavy (non-hydrogen) atoms. The van der Waals surface area contributed by atoms with Crippen LogP contribution >= 0.6 is 0 Å². The summed E-state index contributed by atoms with van der Waals surface area (Å²) in [6.45, 7) is 6.99. The molecule has 0 fully saturated rings. The minimum Gasteiger partial charge on any atom is -0.493 e. The third-order valence-electron chi connectivity index (χ3n) is 3.15. The van der Waals surface area contributed by atoms with Crippen LogP contribution in [0, 0.1) is 17.2 Å². The summed E-state index contributed by atoms with van der Waals surface area (Å²) in [6, 6.07) is 8.12. The van der Waals surface area contributed by atoms with Crippen LogP contribution in [0.4, 0.5) is 0 Å². The number of nitrogens with zero attached hydrogens (tertiary/aromatic N) is 1. The lowest BCUT2D eigenvalue weighted by Gasteiger charge is -2.25. The second-order valence-electron chi connectivity index (χ2n) is 5.58. The average Bonchev–Trinajstić information content (AvgIpc) is 2.45. The molecule has 0 aliphatic carbocycles. The van der Waals surface area contributed by atoms with E-state index in [0.29, 0.717) is 23.8 Å². The van der Waals surface area contributed by atoms with Gasteiger partial charge in [-0.25, -0.2) is 0 Å². The third-order valence-corrected chi connectivity index (χ3v) is 3.15. The largest absolute Gasteiger partial charge is 0.493 e. The van der Waals surface area contributed by atoms with Gasteiger partial charge in [0.2, 0.25) is 0 Å². The van der Waals surface area contributed by atoms with E-state index in [0.717, 1.165) is 12.1 Å². The number of rotatable bonds is 7. The highest BCUT2D eigenvalue weighted by atomic mass is 16.5. The Labute approximate surface area is 121 Å². The van der Waals surface area contributed by atoms with Crippen molar-refractivity contribution >= 4 is 0 Å². The smallest absolute Gasteiger partial charge is 0.160 e. The first-order valence-electron chi connectivity index (χ1n) is 6.81. The van der Waals surface area contributed by atoms with E-state index in [1.807, 2.05) is 25.1 Å². The van der Waals surface area contributed by atoms with Crippen LogP contribution in [0.1, 0.15) is 26.3 Å². The molecule has 0 bridgehead atoms. The van der Waals surface area contributed by atoms with Crippen molar-refractivity contribution in [1.29, 1.82) is 5.26 Å². The van der Waals surface area contributed by atoms with Crippen LogP contribution < -0.4 is 14.8 Å². The molecule has 1 rings (SSSR count). The molecular formula is C16H24N2O2. The predicted octanol–water partition coefficient (Wildman–Crippen LogP) is 2.77. The molecule has 4 nitrogen and oxygen atoms in total. The van der Waals surface area contributed by atoms with Gasteiger partial charge < -0.3 is 9.47 Å². The van der Waals surface area contributed by atoms with Gasteiger partial charge in [0.15, 0.2) is 11.5 Å². The maximum Gasteiger partial charge on any atom is 0.160 e. The van der Waals surface area contributed by atoms with Gasteiger partial charge in [0.05, 0.1) is 20.3 Å². The summed E-state index contributed by atoms with van der Waals surface area (Å²) in [4.78, 5) is 0. The Kier molecular flexibility index (Phi) is 5.84. The molecule has 110 valence electrons. The highest BCUT2D eigenvalue weighted by Gasteiger charge is 2.24. The number of nitrogens with one attached hydrogen (secondary N) is 1. The van der Waals surface area contributed by atoms with Crippen molar-refractivity contribution in [2.24, 2.45) is 5.92 Å². The van der Waals surface area contributed by atoms with Gasteiger partial charge in [-0.15, -0.1) is 0 Å². The normalized spacial score (nSPS) is 13.7. The fraction of sp³-hybridized carbons (Fsp3) is 0.562. The van der Waals surface area contributed by atoms with Crippen molar-refractivity contribution in [2.75, 3.05) is 20.8 Å². The molecule has 0 aliphatic rings. The SMILES string of the molecule is COc1ccc(CC(C)(C#N)NCC(C)C)cc1OC. The Bertz CT molecular complexity index is 480. The first-order chi connectivity index (χ1) is 9.44. The van der Waals surface area contributed by atoms with Crippen molar-refractivity contribution in [3.8, 4) is 17.6 Å². The van der Waals surface area contributed by atoms with Crippen molar-refractivity contribution in [3.05, 3.63) is 23.8 Å². The summed E-state index contributed by atoms with van der Waals surface area (Å²) < 4.78 is 10.5. The molecule has 0 amide bonds. The van der Waals surface area contributed by atoms with Crippen LogP contribution in [0.2, 0.25) is 0 Å². The zero-order chi connectivity index (χ0) is 15.2. The molecule has 1 N–H and O–H groups in total. The monoisotopic (exact) mass is 276 g/mol. The van der Waals surface area contributed by atoms with Crippen LogP contribution in [-0.2, 0) is 6.42 Å². The molecule has 1 unspecified atom stereocenters. The maximum absolute atomic E-state index is 9.42. The fourth-order valence-electron chi connectivity index (χ4n) is 1.97. The Morgan fingerprint density at radius 2 is 1.90 bits per heavy atom. The topological polar surface area (TPSA) is 54.3 Å². The van der Waals surface area contributed by atoms with Crippen molar-refractivity contribution < 1.29 is 9.47 Å². The van der Waals surface area contributed by atoms with E-state index < -0.39 is 5.54 Å². The Balaban J connectivity index is 2.87. The van der Waals surface area contributed by atoms with E-state index >= 15 is 0 Å². The Morgan fingerprint density at radius 3 is 2.40 bits per heavy atom. The summed E-state index contributed by atoms with van der Waals surface area (Å²) in [6.07, 6.45) is 0.622. The number of nitriles is 1. The maximum atomic E-state index is 9.42. The minimum absolute atomic E-state index is 0.507. The van der Waals surface area contributed by atoms with Gasteiger partial charge in [0.25, 0.3) is 0 Å². The van der Waals surface area contributed by atoms with Crippen LogP contribution in [0.5, 0.6) is 11.5 Å². The molecule has 1 aromatic rings. The number of hydrogen-bond donors (Lipinski definition) is 1. The summed E-state index contributed by atoms with van der Waals surface area (Å²) in [5.41, 5.74) is 0.465. The van der Waals surface area contributed by atoms with Gasteiger partial charge in [-0.3, -0.25) is 5.32 Å². The molecule has 1 aromatic carbocycles. The predicted molar refractivity (Wildman–Crippen MR) is 80.1 cm³/mol. The van der Waals surface area contributed by atoms with E-state index in [4.69, 9.17) is 9.47 Å². The molecule has 0 saturated carbocycles. The Hall–Kier alpha value is -1.73. The molecule has 0 aliphatic heterocycles. The number of benzene rings is 1. The molecule has 0 saturated heterocycles. The van der Waals surface area contributed by atoms with Crippen LogP contribution in [0.15, 0.2) is 18.2 Å². The molecule has 0 heterocycles. The first-order valence-corrected chi connectivity index (χ1v) is 6.81. The second-order valence-corrected chi connectivity index (χ2v) is 5.58. The van der Waals surface area contributed by atoms with Gasteiger partial charge in [-0.05, 0) is 37.1 Å². The highest BCUT2D eigenvalue weighted by molar-refractivity contribution is 5.43. The molecule has 0 aromatic heterocycles. The van der Waals surface area contributed by atoms with Gasteiger partial charge in [-0.1, -0.05) is 19.9 Å². The zero-order valence-corrected chi connectivity index (χ0v) is 13.0. The summed E-state index contributed by atoms with van der Waals surface area (Å²) >= 11 is 0. The zero-order valence-electron chi connectivity index (χ0n) is 13.0. The number of ether oxygens (including phenoxy) is 2. The standard InChI is InChI=1S/C16H24N2O2/c1-12(2)10-18-16(3,11-17)9-13-6-7-14(19-4)15(8-13)20-5/h6-8,12,18H,9-10H2,1-5H3. The molecule has 0 radical (unpaired) electrons. The lowest BCUT2D eigenvalue weighted by atomic mass is 9.93. The van der Waals surface area contributed by atoms with Gasteiger partial charge in [-0.2, -0.15) is 5.26 Å². The second kappa shape index (κ2) is 7.16. The van der Waals surface area contributed by atoms with Crippen molar-refractivity contribution in [1.82, 2.24) is 5.32 Å². The lowest BCUT2D eigenvalue weighted by Crippen LogP contribution is -2.44. The van der Waals surface area contributed by atoms with E-state index in [2.05, 4.69) is 25.2 Å². The lowest BCUT2D eigenvalue weighted by molar-refractivity contribution is 0.353. The summed E-state index contributed by atoms with van der Waals surface area (Å²) in [7, 11) is 3.23. The van der Waals surface area contributed by atoms with Gasteiger partial charge in [0.1, 0.15) is 5.54 Å². The van der Waals surface area contributed by atoms with E-state index in [1.54, 1.807) is 14.2 Å². The van der Waals surface area contributed by atoms with Crippen LogP contribution in [0.25, 0.3) is 0 Å². The van der Waals surface area contributed by atoms with Crippen molar-refractivity contribution in [3.63, 3.8) is 0 Å². The summed E-state index contributed by atoms with van der Waals surface area (Å²) in [5.74, 6) is 1.90. The molecular weight excluding hydrogens is 252 g/mol. The molecule has 1 atom stereocenters. The van der Waals surface area contributed by atoms with Gasteiger partial charge >= 0.3 is 0 Å². The van der Waals surface area contributed by atoms with E-state index in [-0.39, 0.29) is 0 Å². The average molecular weight is 276 g/mol. The first kappa shape index (κ1) is 16.3. The Morgan fingerprint density at radius 1 is 1.25 bits per heavy atom. The quantitative estimate of drug-likeness (QED) is 0.832. The summed E-state index contributed by atoms with van der Waals surface area (Å²) in [5, 5.41) is 12.7. The third kappa shape index (κ3) is 4.43. The minimum atomic E-state index is -0.579. The number of methoxy groups -OCH3 is 2. The molecule has 4 heteroatoms. The van der Waals surface area contributed by atoms with E-state index in [9.17, 15) is 5.26 Å². The van der Waals surface area contributed by atoms with Gasteiger partial charge in [0, 0.05) is 6.42 Å². The van der Waals surface area contributed by atoms with Crippen LogP contribution in [-0.4, -0.2) is 26.3 Å². The van der Waals surface area contributed by atoms with Crippen molar-refractivity contribution in [2.45, 2.75) is 32.7 Å². The number of hydrogen-bond acceptors (Lipinski definition) is 4. The van der Waals surface area contributed by atoms with Crippen LogP contribution in [0.3, 0.4) is 0 Å². The highest BCUT2D eigenvalue weighted by Crippen LogP contribution is 2.29. The fourth-order valence-corrected chi connectivity index (χ4v) is 1.97. The molecule has 0 spiro atoms.